The Hall–Kier alpha value is 19.3. The van der Waals surface area contributed by atoms with Crippen LogP contribution in [0.5, 0.6) is 0 Å². The van der Waals surface area contributed by atoms with Crippen LogP contribution < -0.4 is 925 Å². The van der Waals surface area contributed by atoms with Crippen LogP contribution in [0.4, 0.5) is 0 Å². The van der Waals surface area contributed by atoms with Gasteiger partial charge in [0.15, 0.2) is 0 Å². The third-order valence-corrected chi connectivity index (χ3v) is 0. The van der Waals surface area contributed by atoms with E-state index in [4.69, 9.17) is 284 Å². The largest absolute Gasteiger partial charge is 3.00 e. The summed E-state index contributed by atoms with van der Waals surface area (Å²) >= 11 is 0. The second-order valence-corrected chi connectivity index (χ2v) is 0. The van der Waals surface area contributed by atoms with E-state index in [1.165, 1.54) is 0 Å². The molecule has 0 atom stereocenters. The van der Waals surface area contributed by atoms with Crippen LogP contribution in [-0.4, -0.2) is 0 Å². The molecule has 46 heteroatoms. The van der Waals surface area contributed by atoms with Crippen LogP contribution in [0.1, 0.15) is 0 Å². The minimum atomic E-state index is 0. The average molecular weight is 1550 g/mol. The van der Waals surface area contributed by atoms with Crippen LogP contribution in [0.2, 0.25) is 0 Å². The second kappa shape index (κ2) is 1810. The Bertz CT molecular complexity index is 570. The fraction of sp³-hybridized carbons (Fsp3) is 0. The maximum Gasteiger partial charge on any atom is 3.00 e. The fourth-order valence-electron chi connectivity index (χ4n) is 0. The SMILES string of the molecule is [C-]#N.[C-]#N.[C-]#N.[C-]#N.[C-]#N.[C-]#N.[C-]#N.[C-]#N.[C-]#N.[C-]#N.[C-]#N.[C-]#N.[C-]#N.[C-]#N.[C-]#N.[C-]#N.[C-]#N.[C-]#N.[C-]#N.[C-]#N.[C-]#N.[C-]#N.[C-]#N.[C-]#N.[Fe+3].[Fe+3].[Fe+3].[Fe+3].[K+].[K+].[K+].[K+].[K+].[K+].[K+].[K+].[K+].[K+].[K+].[K+].[K+].[K+].[K+].[K+].[K+].[K+]. The van der Waals surface area contributed by atoms with Gasteiger partial charge in [0.1, 0.15) is 0 Å². The molecule has 0 aliphatic carbocycles. The van der Waals surface area contributed by atoms with Gasteiger partial charge in [-0.25, -0.2) is 0 Å². The Kier molecular flexibility index (Phi) is 9590. The van der Waals surface area contributed by atoms with Crippen molar-refractivity contribution >= 4 is 0 Å². The molecule has 70 heavy (non-hydrogen) atoms. The molecule has 0 aliphatic heterocycles. The summed E-state index contributed by atoms with van der Waals surface area (Å²) in [6.07, 6.45) is 0. The molecule has 0 aromatic heterocycles. The number of nitrogens with zero attached hydrogens (tertiary/aromatic N) is 24. The molecular formula is C24Fe4K18N24+6. The van der Waals surface area contributed by atoms with E-state index in [-0.39, 0.29) is 993 Å². The zero-order valence-electron chi connectivity index (χ0n) is 42.1. The molecule has 4 radical (unpaired) electrons. The van der Waals surface area contributed by atoms with E-state index >= 15 is 0 Å². The van der Waals surface area contributed by atoms with Crippen LogP contribution in [-0.2, 0) is 68.3 Å². The van der Waals surface area contributed by atoms with Crippen molar-refractivity contribution in [3.05, 3.63) is 158 Å². The predicted octanol–water partition coefficient (Wildman–Crippen LogP) is -51.6. The standard InChI is InChI=1S/24CN.4Fe.18K/c24*1-2;;;;;;;;;;;;;;;;;;;;;;/q24*-1;4*+3;18*+1. The Morgan fingerprint density at radius 3 is 0.0714 bits per heavy atom. The van der Waals surface area contributed by atoms with Crippen LogP contribution in [0.25, 0.3) is 0 Å². The van der Waals surface area contributed by atoms with Gasteiger partial charge in [0, 0.05) is 0 Å². The molecule has 0 spiro atoms. The Morgan fingerprint density at radius 1 is 0.0714 bits per heavy atom. The van der Waals surface area contributed by atoms with Gasteiger partial charge in [-0.2, -0.15) is 0 Å². The summed E-state index contributed by atoms with van der Waals surface area (Å²) in [7, 11) is 0. The summed E-state index contributed by atoms with van der Waals surface area (Å²) in [4.78, 5) is 0. The number of hydrogen-bond donors (Lipinski definition) is 0. The summed E-state index contributed by atoms with van der Waals surface area (Å²) in [5, 5.41) is 150. The number of rotatable bonds is 0. The summed E-state index contributed by atoms with van der Waals surface area (Å²) < 4.78 is 0. The molecule has 0 saturated carbocycles. The molecule has 0 saturated heterocycles. The van der Waals surface area contributed by atoms with Gasteiger partial charge < -0.3 is 284 Å². The van der Waals surface area contributed by atoms with Gasteiger partial charge in [0.25, 0.3) is 0 Å². The van der Waals surface area contributed by atoms with E-state index in [9.17, 15) is 0 Å². The van der Waals surface area contributed by atoms with Crippen molar-refractivity contribution < 1.29 is 993 Å². The summed E-state index contributed by atoms with van der Waals surface area (Å²) in [5.74, 6) is 0. The fourth-order valence-corrected chi connectivity index (χ4v) is 0. The molecular weight excluding hydrogens is 1550 g/mol. The Morgan fingerprint density at radius 2 is 0.0714 bits per heavy atom. The van der Waals surface area contributed by atoms with E-state index in [0.29, 0.717) is 0 Å². The zero-order valence-corrected chi connectivity index (χ0v) is 103. The van der Waals surface area contributed by atoms with Crippen LogP contribution >= 0.6 is 0 Å². The Labute approximate surface area is 1230 Å². The molecule has 0 rings (SSSR count). The van der Waals surface area contributed by atoms with Gasteiger partial charge in [-0.1, -0.05) is 0 Å². The third-order valence-electron chi connectivity index (χ3n) is 0. The first kappa shape index (κ1) is 371. The zero-order chi connectivity index (χ0) is 48.0. The second-order valence-electron chi connectivity index (χ2n) is 0. The normalized spacial score (nSPS) is 0.686. The van der Waals surface area contributed by atoms with Crippen LogP contribution in [0.3, 0.4) is 0 Å². The van der Waals surface area contributed by atoms with E-state index in [1.807, 2.05) is 0 Å². The van der Waals surface area contributed by atoms with Gasteiger partial charge in [0.05, 0.1) is 0 Å². The van der Waals surface area contributed by atoms with E-state index in [0.717, 1.165) is 0 Å². The van der Waals surface area contributed by atoms with Crippen molar-refractivity contribution in [2.45, 2.75) is 0 Å². The van der Waals surface area contributed by atoms with Crippen LogP contribution in [0, 0.1) is 284 Å². The van der Waals surface area contributed by atoms with E-state index in [1.54, 1.807) is 0 Å². The van der Waals surface area contributed by atoms with Gasteiger partial charge >= 0.3 is 993 Å². The van der Waals surface area contributed by atoms with Crippen molar-refractivity contribution in [1.82, 2.24) is 0 Å². The van der Waals surface area contributed by atoms with Crippen LogP contribution in [0.15, 0.2) is 0 Å². The summed E-state index contributed by atoms with van der Waals surface area (Å²) in [6.45, 7) is 114. The molecule has 0 aromatic carbocycles. The van der Waals surface area contributed by atoms with Crippen molar-refractivity contribution in [1.29, 1.82) is 126 Å². The number of hydrogen-bond acceptors (Lipinski definition) is 24. The molecule has 0 heterocycles. The first-order valence-corrected chi connectivity index (χ1v) is 5.37. The quantitative estimate of drug-likeness (QED) is 0.160. The summed E-state index contributed by atoms with van der Waals surface area (Å²) in [5.41, 5.74) is 0. The molecule has 24 nitrogen and oxygen atoms in total. The molecule has 0 fully saturated rings. The first-order chi connectivity index (χ1) is 24.0. The minimum absolute atomic E-state index is 0. The molecule has 0 aliphatic rings. The van der Waals surface area contributed by atoms with Crippen molar-refractivity contribution in [2.24, 2.45) is 0 Å². The molecule has 0 bridgehead atoms. The maximum atomic E-state index is 6.25. The minimum Gasteiger partial charge on any atom is -0.512 e. The van der Waals surface area contributed by atoms with Gasteiger partial charge in [-0.15, -0.1) is 0 Å². The van der Waals surface area contributed by atoms with Gasteiger partial charge in [-0.05, 0) is 0 Å². The third kappa shape index (κ3) is 1750. The Balaban J connectivity index is -0.00000000193. The molecule has 0 N–H and O–H groups in total. The molecule has 0 aromatic rings. The predicted molar refractivity (Wildman–Crippen MR) is 119 cm³/mol. The van der Waals surface area contributed by atoms with E-state index in [2.05, 4.69) is 0 Å². The summed E-state index contributed by atoms with van der Waals surface area (Å²) in [6, 6.07) is 0. The molecule has 0 amide bonds. The topological polar surface area (TPSA) is 571 Å². The van der Waals surface area contributed by atoms with Crippen molar-refractivity contribution in [3.8, 4) is 0 Å². The maximum absolute atomic E-state index is 6.25. The smallest absolute Gasteiger partial charge is 0.512 e. The average Bonchev–Trinajstić information content (AvgIpc) is 3.34. The van der Waals surface area contributed by atoms with E-state index < -0.39 is 0 Å². The van der Waals surface area contributed by atoms with Crippen molar-refractivity contribution in [3.63, 3.8) is 0 Å². The molecule has 0 unspecified atom stereocenters. The monoisotopic (exact) mass is 1550 g/mol. The van der Waals surface area contributed by atoms with Crippen molar-refractivity contribution in [2.75, 3.05) is 0 Å². The van der Waals surface area contributed by atoms with Gasteiger partial charge in [0.2, 0.25) is 0 Å². The first-order valence-electron chi connectivity index (χ1n) is 5.37. The van der Waals surface area contributed by atoms with Gasteiger partial charge in [-0.3, -0.25) is 0 Å². The molecule has 260 valence electrons.